The number of alkyl halides is 3. The summed E-state index contributed by atoms with van der Waals surface area (Å²) in [5.41, 5.74) is 0.939. The first-order chi connectivity index (χ1) is 10.6. The molecule has 130 valence electrons. The number of benzene rings is 1. The van der Waals surface area contributed by atoms with Crippen molar-refractivity contribution in [1.29, 1.82) is 0 Å². The van der Waals surface area contributed by atoms with Gasteiger partial charge >= 0.3 is 12.2 Å². The Kier molecular flexibility index (Phi) is 6.68. The van der Waals surface area contributed by atoms with E-state index in [2.05, 4.69) is 5.32 Å². The lowest BCUT2D eigenvalue weighted by Gasteiger charge is -2.19. The molecule has 0 aromatic heterocycles. The maximum absolute atomic E-state index is 12.1. The summed E-state index contributed by atoms with van der Waals surface area (Å²) in [5.74, 6) is 0.114. The van der Waals surface area contributed by atoms with Crippen molar-refractivity contribution in [3.8, 4) is 5.75 Å². The Morgan fingerprint density at radius 2 is 2.09 bits per heavy atom. The zero-order chi connectivity index (χ0) is 17.6. The normalized spacial score (nSPS) is 12.7. The number of nitrogens with zero attached hydrogens (tertiary/aromatic N) is 1. The van der Waals surface area contributed by atoms with Gasteiger partial charge in [0.15, 0.2) is 6.61 Å². The molecule has 5 nitrogen and oxygen atoms in total. The van der Waals surface area contributed by atoms with Crippen molar-refractivity contribution in [2.45, 2.75) is 32.5 Å². The fraction of sp³-hybridized carbons (Fsp3) is 0.533. The smallest absolute Gasteiger partial charge is 0.422 e. The maximum Gasteiger partial charge on any atom is 0.422 e. The highest BCUT2D eigenvalue weighted by Crippen LogP contribution is 2.24. The fourth-order valence-electron chi connectivity index (χ4n) is 1.75. The Morgan fingerprint density at radius 3 is 2.61 bits per heavy atom. The number of aliphatic hydroxyl groups excluding tert-OH is 1. The molecule has 1 rings (SSSR count). The summed E-state index contributed by atoms with van der Waals surface area (Å²) in [4.78, 5) is 13.3. The van der Waals surface area contributed by atoms with Gasteiger partial charge in [0.05, 0.1) is 6.10 Å². The summed E-state index contributed by atoms with van der Waals surface area (Å²) in [6.45, 7) is 2.25. The molecule has 1 aromatic carbocycles. The molecule has 0 saturated carbocycles. The van der Waals surface area contributed by atoms with Crippen LogP contribution in [-0.2, 0) is 0 Å². The fourth-order valence-corrected chi connectivity index (χ4v) is 1.75. The van der Waals surface area contributed by atoms with E-state index in [1.165, 1.54) is 23.1 Å². The highest BCUT2D eigenvalue weighted by Gasteiger charge is 2.28. The number of rotatable bonds is 6. The van der Waals surface area contributed by atoms with Crippen LogP contribution < -0.4 is 10.1 Å². The summed E-state index contributed by atoms with van der Waals surface area (Å²) >= 11 is 0. The molecule has 1 unspecified atom stereocenters. The zero-order valence-electron chi connectivity index (χ0n) is 13.3. The van der Waals surface area contributed by atoms with E-state index in [-0.39, 0.29) is 11.8 Å². The molecule has 2 N–H and O–H groups in total. The predicted molar refractivity (Wildman–Crippen MR) is 80.7 cm³/mol. The van der Waals surface area contributed by atoms with Gasteiger partial charge < -0.3 is 20.1 Å². The van der Waals surface area contributed by atoms with E-state index >= 15 is 0 Å². The molecule has 0 aliphatic rings. The molecule has 8 heteroatoms. The van der Waals surface area contributed by atoms with Crippen molar-refractivity contribution in [2.75, 3.05) is 25.5 Å². The summed E-state index contributed by atoms with van der Waals surface area (Å²) in [5, 5.41) is 11.8. The first-order valence-electron chi connectivity index (χ1n) is 7.09. The van der Waals surface area contributed by atoms with E-state index in [9.17, 15) is 23.1 Å². The van der Waals surface area contributed by atoms with Gasteiger partial charge in [0.1, 0.15) is 5.75 Å². The predicted octanol–water partition coefficient (Wildman–Crippen LogP) is 3.17. The van der Waals surface area contributed by atoms with Crippen LogP contribution in [0, 0.1) is 6.92 Å². The molecule has 0 bridgehead atoms. The Hall–Kier alpha value is -1.96. The van der Waals surface area contributed by atoms with Crippen LogP contribution in [-0.4, -0.2) is 48.5 Å². The molecular weight excluding hydrogens is 313 g/mol. The molecule has 0 fully saturated rings. The van der Waals surface area contributed by atoms with E-state index in [0.717, 1.165) is 0 Å². The molecule has 2 amide bonds. The van der Waals surface area contributed by atoms with Gasteiger partial charge in [-0.05, 0) is 44.0 Å². The number of urea groups is 1. The summed E-state index contributed by atoms with van der Waals surface area (Å²) in [6, 6.07) is 4.02. The third-order valence-corrected chi connectivity index (χ3v) is 3.05. The number of carbonyl (C=O) groups excluding carboxylic acids is 1. The number of carbonyl (C=O) groups is 1. The molecule has 0 radical (unpaired) electrons. The molecule has 0 aliphatic carbocycles. The first-order valence-corrected chi connectivity index (χ1v) is 7.09. The Bertz CT molecular complexity index is 533. The standard InChI is InChI=1S/C15H21F3N2O3/c1-10-8-12(4-5-13(10)23-9-15(16,17)18)19-14(22)20(3)7-6-11(2)21/h4-5,8,11,21H,6-7,9H2,1-3H3,(H,19,22). The number of hydrogen-bond donors (Lipinski definition) is 2. The quantitative estimate of drug-likeness (QED) is 0.840. The van der Waals surface area contributed by atoms with Gasteiger partial charge in [0.2, 0.25) is 0 Å². The minimum absolute atomic E-state index is 0.114. The number of aliphatic hydroxyl groups is 1. The van der Waals surface area contributed by atoms with Gasteiger partial charge in [-0.1, -0.05) is 0 Å². The maximum atomic E-state index is 12.1. The van der Waals surface area contributed by atoms with Crippen molar-refractivity contribution in [3.05, 3.63) is 23.8 Å². The highest BCUT2D eigenvalue weighted by atomic mass is 19.4. The van der Waals surface area contributed by atoms with Gasteiger partial charge in [-0.2, -0.15) is 13.2 Å². The second-order valence-electron chi connectivity index (χ2n) is 5.37. The second kappa shape index (κ2) is 8.05. The van der Waals surface area contributed by atoms with Crippen molar-refractivity contribution >= 4 is 11.7 Å². The number of anilines is 1. The van der Waals surface area contributed by atoms with Gasteiger partial charge in [0, 0.05) is 19.3 Å². The molecule has 1 atom stereocenters. The Morgan fingerprint density at radius 1 is 1.43 bits per heavy atom. The number of amides is 2. The summed E-state index contributed by atoms with van der Waals surface area (Å²) in [6.07, 6.45) is -4.45. The second-order valence-corrected chi connectivity index (χ2v) is 5.37. The van der Waals surface area contributed by atoms with E-state index in [1.807, 2.05) is 0 Å². The summed E-state index contributed by atoms with van der Waals surface area (Å²) in [7, 11) is 1.59. The molecule has 1 aromatic rings. The number of nitrogens with one attached hydrogen (secondary N) is 1. The lowest BCUT2D eigenvalue weighted by Crippen LogP contribution is -2.33. The van der Waals surface area contributed by atoms with Gasteiger partial charge in [-0.25, -0.2) is 4.79 Å². The van der Waals surface area contributed by atoms with E-state index in [1.54, 1.807) is 20.9 Å². The molecule has 23 heavy (non-hydrogen) atoms. The minimum atomic E-state index is -4.40. The van der Waals surface area contributed by atoms with Crippen molar-refractivity contribution in [3.63, 3.8) is 0 Å². The molecule has 0 spiro atoms. The van der Waals surface area contributed by atoms with Crippen LogP contribution in [0.5, 0.6) is 5.75 Å². The average Bonchev–Trinajstić information content (AvgIpc) is 2.42. The Labute approximate surface area is 133 Å². The molecule has 0 aliphatic heterocycles. The van der Waals surface area contributed by atoms with E-state index in [4.69, 9.17) is 4.74 Å². The SMILES string of the molecule is Cc1cc(NC(=O)N(C)CCC(C)O)ccc1OCC(F)(F)F. The minimum Gasteiger partial charge on any atom is -0.484 e. The lowest BCUT2D eigenvalue weighted by molar-refractivity contribution is -0.153. The van der Waals surface area contributed by atoms with Crippen LogP contribution in [0.25, 0.3) is 0 Å². The van der Waals surface area contributed by atoms with Crippen LogP contribution in [0.1, 0.15) is 18.9 Å². The van der Waals surface area contributed by atoms with Crippen molar-refractivity contribution in [1.82, 2.24) is 4.90 Å². The molecule has 0 heterocycles. The van der Waals surface area contributed by atoms with E-state index < -0.39 is 18.9 Å². The third-order valence-electron chi connectivity index (χ3n) is 3.05. The topological polar surface area (TPSA) is 61.8 Å². The monoisotopic (exact) mass is 334 g/mol. The van der Waals surface area contributed by atoms with Crippen LogP contribution in [0.4, 0.5) is 23.7 Å². The zero-order valence-corrected chi connectivity index (χ0v) is 13.3. The highest BCUT2D eigenvalue weighted by molar-refractivity contribution is 5.89. The Balaban J connectivity index is 2.61. The average molecular weight is 334 g/mol. The van der Waals surface area contributed by atoms with Crippen LogP contribution in [0.2, 0.25) is 0 Å². The number of ether oxygens (including phenoxy) is 1. The summed E-state index contributed by atoms with van der Waals surface area (Å²) < 4.78 is 41.1. The van der Waals surface area contributed by atoms with Gasteiger partial charge in [0.25, 0.3) is 0 Å². The van der Waals surface area contributed by atoms with Crippen molar-refractivity contribution in [2.24, 2.45) is 0 Å². The number of hydrogen-bond acceptors (Lipinski definition) is 3. The number of aryl methyl sites for hydroxylation is 1. The van der Waals surface area contributed by atoms with Gasteiger partial charge in [-0.15, -0.1) is 0 Å². The van der Waals surface area contributed by atoms with Crippen LogP contribution in [0.15, 0.2) is 18.2 Å². The lowest BCUT2D eigenvalue weighted by atomic mass is 10.2. The van der Waals surface area contributed by atoms with Crippen LogP contribution in [0.3, 0.4) is 0 Å². The molecular formula is C15H21F3N2O3. The third kappa shape index (κ3) is 7.23. The van der Waals surface area contributed by atoms with Gasteiger partial charge in [-0.3, -0.25) is 0 Å². The number of halogens is 3. The first kappa shape index (κ1) is 19.1. The van der Waals surface area contributed by atoms with Crippen molar-refractivity contribution < 1.29 is 27.8 Å². The largest absolute Gasteiger partial charge is 0.484 e. The van der Waals surface area contributed by atoms with E-state index in [0.29, 0.717) is 24.2 Å². The molecule has 0 saturated heterocycles. The van der Waals surface area contributed by atoms with Crippen LogP contribution >= 0.6 is 0 Å².